The average Bonchev–Trinajstić information content (AvgIpc) is 2.61. The van der Waals surface area contributed by atoms with Crippen LogP contribution >= 0.6 is 0 Å². The van der Waals surface area contributed by atoms with Gasteiger partial charge in [0.25, 0.3) is 0 Å². The van der Waals surface area contributed by atoms with Crippen molar-refractivity contribution in [2.45, 2.75) is 51.5 Å². The molecule has 26 heavy (non-hydrogen) atoms. The second kappa shape index (κ2) is 8.75. The summed E-state index contributed by atoms with van der Waals surface area (Å²) in [6, 6.07) is 14.2. The summed E-state index contributed by atoms with van der Waals surface area (Å²) in [5.74, 6) is 1.02. The number of hydrogen-bond donors (Lipinski definition) is 2. The van der Waals surface area contributed by atoms with Crippen molar-refractivity contribution in [1.82, 2.24) is 5.32 Å². The first kappa shape index (κ1) is 18.3. The summed E-state index contributed by atoms with van der Waals surface area (Å²) >= 11 is 0. The highest BCUT2D eigenvalue weighted by Gasteiger charge is 2.21. The minimum atomic E-state index is 0.121. The topological polar surface area (TPSA) is 64.3 Å². The quantitative estimate of drug-likeness (QED) is 0.576. The van der Waals surface area contributed by atoms with Crippen LogP contribution in [0.4, 0.5) is 5.69 Å². The first-order valence-corrected chi connectivity index (χ1v) is 9.49. The Morgan fingerprint density at radius 1 is 1.23 bits per heavy atom. The molecule has 0 fully saturated rings. The summed E-state index contributed by atoms with van der Waals surface area (Å²) in [6.07, 6.45) is 5.38. The van der Waals surface area contributed by atoms with Crippen molar-refractivity contribution in [3.05, 3.63) is 59.2 Å². The predicted octanol–water partition coefficient (Wildman–Crippen LogP) is 4.32. The van der Waals surface area contributed by atoms with E-state index in [4.69, 9.17) is 10.5 Å². The van der Waals surface area contributed by atoms with Gasteiger partial charge in [0, 0.05) is 12.1 Å². The molecule has 1 amide bonds. The van der Waals surface area contributed by atoms with E-state index in [1.165, 1.54) is 16.7 Å². The summed E-state index contributed by atoms with van der Waals surface area (Å²) < 4.78 is 5.73. The maximum atomic E-state index is 12.3. The first-order valence-electron chi connectivity index (χ1n) is 9.49. The molecule has 2 aromatic rings. The van der Waals surface area contributed by atoms with Gasteiger partial charge in [-0.2, -0.15) is 0 Å². The van der Waals surface area contributed by atoms with Gasteiger partial charge in [0.1, 0.15) is 5.75 Å². The standard InChI is InChI=1S/C22H28N2O2/c1-16-6-4-8-19(14-16)26-13-3-2-10-22(25)24-21-9-5-7-17-15-18(23)11-12-20(17)21/h4,6,8,11-12,14-15,21H,2-3,5,7,9-10,13,23H2,1H3,(H,24,25). The molecule has 0 bridgehead atoms. The van der Waals surface area contributed by atoms with Crippen LogP contribution in [0.15, 0.2) is 42.5 Å². The lowest BCUT2D eigenvalue weighted by molar-refractivity contribution is -0.122. The van der Waals surface area contributed by atoms with Crippen LogP contribution in [0.1, 0.15) is 54.8 Å². The number of rotatable bonds is 7. The minimum Gasteiger partial charge on any atom is -0.494 e. The Morgan fingerprint density at radius 3 is 2.96 bits per heavy atom. The fraction of sp³-hybridized carbons (Fsp3) is 0.409. The van der Waals surface area contributed by atoms with Crippen molar-refractivity contribution < 1.29 is 9.53 Å². The summed E-state index contributed by atoms with van der Waals surface area (Å²) in [5.41, 5.74) is 10.4. The van der Waals surface area contributed by atoms with Crippen molar-refractivity contribution in [1.29, 1.82) is 0 Å². The van der Waals surface area contributed by atoms with Gasteiger partial charge in [0.2, 0.25) is 5.91 Å². The smallest absolute Gasteiger partial charge is 0.220 e. The van der Waals surface area contributed by atoms with Gasteiger partial charge in [-0.05, 0) is 80.0 Å². The van der Waals surface area contributed by atoms with E-state index in [1.54, 1.807) is 0 Å². The van der Waals surface area contributed by atoms with E-state index in [0.29, 0.717) is 13.0 Å². The SMILES string of the molecule is Cc1cccc(OCCCCC(=O)NC2CCCc3cc(N)ccc32)c1. The third kappa shape index (κ3) is 5.01. The number of unbranched alkanes of at least 4 members (excludes halogenated alkanes) is 1. The number of anilines is 1. The molecule has 0 aromatic heterocycles. The fourth-order valence-corrected chi connectivity index (χ4v) is 3.53. The molecular formula is C22H28N2O2. The Labute approximate surface area is 155 Å². The summed E-state index contributed by atoms with van der Waals surface area (Å²) in [5, 5.41) is 3.19. The third-order valence-electron chi connectivity index (χ3n) is 4.87. The van der Waals surface area contributed by atoms with Crippen LogP contribution in [0.3, 0.4) is 0 Å². The van der Waals surface area contributed by atoms with Gasteiger partial charge < -0.3 is 15.8 Å². The van der Waals surface area contributed by atoms with E-state index in [0.717, 1.165) is 43.5 Å². The van der Waals surface area contributed by atoms with Crippen molar-refractivity contribution in [3.63, 3.8) is 0 Å². The molecule has 3 rings (SSSR count). The van der Waals surface area contributed by atoms with Crippen LogP contribution in [0.25, 0.3) is 0 Å². The molecule has 4 heteroatoms. The number of nitrogen functional groups attached to an aromatic ring is 1. The first-order chi connectivity index (χ1) is 12.6. The molecule has 0 aliphatic heterocycles. The molecule has 1 aliphatic carbocycles. The van der Waals surface area contributed by atoms with Crippen LogP contribution in [0, 0.1) is 6.92 Å². The van der Waals surface area contributed by atoms with E-state index in [2.05, 4.69) is 24.4 Å². The van der Waals surface area contributed by atoms with E-state index in [9.17, 15) is 4.79 Å². The van der Waals surface area contributed by atoms with Crippen molar-refractivity contribution >= 4 is 11.6 Å². The summed E-state index contributed by atoms with van der Waals surface area (Å²) in [6.45, 7) is 2.69. The van der Waals surface area contributed by atoms with Gasteiger partial charge >= 0.3 is 0 Å². The molecule has 4 nitrogen and oxygen atoms in total. The lowest BCUT2D eigenvalue weighted by Gasteiger charge is -2.26. The molecule has 2 aromatic carbocycles. The average molecular weight is 352 g/mol. The number of carbonyl (C=O) groups excluding carboxylic acids is 1. The van der Waals surface area contributed by atoms with Gasteiger partial charge in [-0.25, -0.2) is 0 Å². The monoisotopic (exact) mass is 352 g/mol. The molecule has 1 aliphatic rings. The number of nitrogens with one attached hydrogen (secondary N) is 1. The van der Waals surface area contributed by atoms with Gasteiger partial charge in [0.05, 0.1) is 12.6 Å². The van der Waals surface area contributed by atoms with Crippen molar-refractivity contribution in [2.24, 2.45) is 0 Å². The lowest BCUT2D eigenvalue weighted by Crippen LogP contribution is -2.30. The van der Waals surface area contributed by atoms with Crippen LogP contribution in [-0.2, 0) is 11.2 Å². The van der Waals surface area contributed by atoms with Crippen molar-refractivity contribution in [3.8, 4) is 5.75 Å². The maximum absolute atomic E-state index is 12.3. The molecule has 0 heterocycles. The third-order valence-corrected chi connectivity index (χ3v) is 4.87. The number of aryl methyl sites for hydroxylation is 2. The second-order valence-corrected chi connectivity index (χ2v) is 7.09. The molecule has 0 saturated heterocycles. The van der Waals surface area contributed by atoms with Crippen LogP contribution < -0.4 is 15.8 Å². The zero-order chi connectivity index (χ0) is 18.4. The highest BCUT2D eigenvalue weighted by Crippen LogP contribution is 2.31. The molecule has 1 atom stereocenters. The zero-order valence-electron chi connectivity index (χ0n) is 15.5. The van der Waals surface area contributed by atoms with E-state index in [1.807, 2.05) is 30.3 Å². The number of benzene rings is 2. The Bertz CT molecular complexity index is 758. The largest absolute Gasteiger partial charge is 0.494 e. The number of hydrogen-bond acceptors (Lipinski definition) is 3. The maximum Gasteiger partial charge on any atom is 0.220 e. The second-order valence-electron chi connectivity index (χ2n) is 7.09. The Hall–Kier alpha value is -2.49. The molecule has 0 saturated carbocycles. The van der Waals surface area contributed by atoms with Gasteiger partial charge in [-0.1, -0.05) is 18.2 Å². The Morgan fingerprint density at radius 2 is 2.12 bits per heavy atom. The van der Waals surface area contributed by atoms with E-state index in [-0.39, 0.29) is 11.9 Å². The molecule has 1 unspecified atom stereocenters. The fourth-order valence-electron chi connectivity index (χ4n) is 3.53. The normalized spacial score (nSPS) is 16.0. The summed E-state index contributed by atoms with van der Waals surface area (Å²) in [7, 11) is 0. The molecular weight excluding hydrogens is 324 g/mol. The number of carbonyl (C=O) groups is 1. The van der Waals surface area contributed by atoms with Gasteiger partial charge in [-0.3, -0.25) is 4.79 Å². The Balaban J connectivity index is 1.40. The molecule has 0 spiro atoms. The Kier molecular flexibility index (Phi) is 6.16. The number of nitrogens with two attached hydrogens (primary N) is 1. The van der Waals surface area contributed by atoms with E-state index >= 15 is 0 Å². The molecule has 3 N–H and O–H groups in total. The molecule has 0 radical (unpaired) electrons. The van der Waals surface area contributed by atoms with Crippen LogP contribution in [-0.4, -0.2) is 12.5 Å². The zero-order valence-corrected chi connectivity index (χ0v) is 15.5. The number of ether oxygens (including phenoxy) is 1. The highest BCUT2D eigenvalue weighted by atomic mass is 16.5. The number of fused-ring (bicyclic) bond motifs is 1. The van der Waals surface area contributed by atoms with Crippen LogP contribution in [0.2, 0.25) is 0 Å². The van der Waals surface area contributed by atoms with Crippen LogP contribution in [0.5, 0.6) is 5.75 Å². The van der Waals surface area contributed by atoms with Gasteiger partial charge in [0.15, 0.2) is 0 Å². The predicted molar refractivity (Wildman–Crippen MR) is 105 cm³/mol. The van der Waals surface area contributed by atoms with E-state index < -0.39 is 0 Å². The minimum absolute atomic E-state index is 0.121. The lowest BCUT2D eigenvalue weighted by atomic mass is 9.87. The summed E-state index contributed by atoms with van der Waals surface area (Å²) in [4.78, 5) is 12.3. The molecule has 138 valence electrons. The number of amides is 1. The van der Waals surface area contributed by atoms with Crippen molar-refractivity contribution in [2.75, 3.05) is 12.3 Å². The highest BCUT2D eigenvalue weighted by molar-refractivity contribution is 5.76. The van der Waals surface area contributed by atoms with Gasteiger partial charge in [-0.15, -0.1) is 0 Å².